The van der Waals surface area contributed by atoms with Gasteiger partial charge in [-0.2, -0.15) is 0 Å². The van der Waals surface area contributed by atoms with Crippen molar-refractivity contribution < 1.29 is 28.9 Å². The quantitative estimate of drug-likeness (QED) is 0.205. The summed E-state index contributed by atoms with van der Waals surface area (Å²) in [4.78, 5) is 23.4. The van der Waals surface area contributed by atoms with Gasteiger partial charge in [0.2, 0.25) is 0 Å². The van der Waals surface area contributed by atoms with Crippen LogP contribution in [-0.4, -0.2) is 35.3 Å². The highest BCUT2D eigenvalue weighted by molar-refractivity contribution is 14.1. The normalized spacial score (nSPS) is 12.4. The minimum atomic E-state index is -0.995. The van der Waals surface area contributed by atoms with Crippen LogP contribution >= 0.6 is 22.6 Å². The summed E-state index contributed by atoms with van der Waals surface area (Å²) < 4.78 is 18.2. The van der Waals surface area contributed by atoms with Crippen LogP contribution in [0.15, 0.2) is 24.3 Å². The lowest BCUT2D eigenvalue weighted by molar-refractivity contribution is -0.141. The fraction of sp³-hybridized carbons (Fsp3) is 0.462. The van der Waals surface area contributed by atoms with Crippen LogP contribution in [0.5, 0.6) is 17.2 Å². The van der Waals surface area contributed by atoms with Crippen molar-refractivity contribution in [3.8, 4) is 17.2 Å². The largest absolute Gasteiger partial charge is 0.480 e. The molecule has 7 nitrogen and oxygen atoms in total. The minimum Gasteiger partial charge on any atom is -0.480 e. The molecule has 1 unspecified atom stereocenters. The Labute approximate surface area is 215 Å². The molecule has 0 aliphatic heterocycles. The standard InChI is InChI=1S/C26H34INO6/c1-7-32-26(5,6)14-22(29)34-24-17(4)12-19(13-20(24)27)33-23-15(2)10-18(11-16(23)3)8-9-21(28)25(30)31/h10-13,21H,7-9,14,28H2,1-6H3,(H,30,31). The number of aliphatic carboxylic acids is 1. The maximum absolute atomic E-state index is 12.5. The molecule has 0 amide bonds. The number of hydrogen-bond donors (Lipinski definition) is 2. The van der Waals surface area contributed by atoms with Crippen LogP contribution in [0.25, 0.3) is 0 Å². The van der Waals surface area contributed by atoms with E-state index in [-0.39, 0.29) is 12.4 Å². The molecule has 186 valence electrons. The van der Waals surface area contributed by atoms with Gasteiger partial charge < -0.3 is 25.1 Å². The molecule has 8 heteroatoms. The van der Waals surface area contributed by atoms with Gasteiger partial charge in [0.15, 0.2) is 0 Å². The molecular formula is C26H34INO6. The summed E-state index contributed by atoms with van der Waals surface area (Å²) in [5.41, 5.74) is 8.73. The highest BCUT2D eigenvalue weighted by atomic mass is 127. The lowest BCUT2D eigenvalue weighted by Gasteiger charge is -2.23. The Morgan fingerprint density at radius 2 is 1.65 bits per heavy atom. The van der Waals surface area contributed by atoms with Crippen LogP contribution in [0.1, 0.15) is 55.9 Å². The smallest absolute Gasteiger partial charge is 0.320 e. The number of hydrogen-bond acceptors (Lipinski definition) is 6. The third kappa shape index (κ3) is 7.95. The molecule has 2 rings (SSSR count). The first kappa shape index (κ1) is 28.1. The van der Waals surface area contributed by atoms with E-state index >= 15 is 0 Å². The van der Waals surface area contributed by atoms with E-state index < -0.39 is 17.6 Å². The first-order chi connectivity index (χ1) is 15.8. The molecule has 0 spiro atoms. The average Bonchev–Trinajstić information content (AvgIpc) is 2.71. The zero-order chi connectivity index (χ0) is 25.6. The van der Waals surface area contributed by atoms with Crippen LogP contribution in [0.4, 0.5) is 0 Å². The first-order valence-corrected chi connectivity index (χ1v) is 12.3. The number of carboxylic acid groups (broad SMARTS) is 1. The molecule has 0 aliphatic carbocycles. The van der Waals surface area contributed by atoms with Gasteiger partial charge in [-0.3, -0.25) is 9.59 Å². The highest BCUT2D eigenvalue weighted by Gasteiger charge is 2.24. The molecule has 34 heavy (non-hydrogen) atoms. The van der Waals surface area contributed by atoms with E-state index in [1.807, 2.05) is 65.8 Å². The third-order valence-electron chi connectivity index (χ3n) is 5.33. The molecule has 1 atom stereocenters. The number of carboxylic acids is 1. The lowest BCUT2D eigenvalue weighted by atomic mass is 10.00. The summed E-state index contributed by atoms with van der Waals surface area (Å²) in [6, 6.07) is 6.79. The molecular weight excluding hydrogens is 549 g/mol. The van der Waals surface area contributed by atoms with E-state index in [1.165, 1.54) is 0 Å². The predicted molar refractivity (Wildman–Crippen MR) is 140 cm³/mol. The monoisotopic (exact) mass is 583 g/mol. The zero-order valence-corrected chi connectivity index (χ0v) is 22.8. The minimum absolute atomic E-state index is 0.150. The third-order valence-corrected chi connectivity index (χ3v) is 6.13. The van der Waals surface area contributed by atoms with Crippen molar-refractivity contribution in [2.45, 2.75) is 72.4 Å². The molecule has 2 aromatic rings. The molecule has 0 radical (unpaired) electrons. The number of benzene rings is 2. The lowest BCUT2D eigenvalue weighted by Crippen LogP contribution is -2.30. The van der Waals surface area contributed by atoms with Crippen molar-refractivity contribution in [1.29, 1.82) is 0 Å². The van der Waals surface area contributed by atoms with Crippen LogP contribution in [0.2, 0.25) is 0 Å². The van der Waals surface area contributed by atoms with E-state index in [4.69, 9.17) is 25.1 Å². The van der Waals surface area contributed by atoms with Crippen molar-refractivity contribution in [3.63, 3.8) is 0 Å². The Morgan fingerprint density at radius 1 is 1.06 bits per heavy atom. The maximum Gasteiger partial charge on any atom is 0.320 e. The Bertz CT molecular complexity index is 1000. The number of carbonyl (C=O) groups is 2. The molecule has 2 aromatic carbocycles. The second kappa shape index (κ2) is 12.0. The van der Waals surface area contributed by atoms with Crippen LogP contribution in [-0.2, 0) is 20.7 Å². The van der Waals surface area contributed by atoms with Gasteiger partial charge in [-0.15, -0.1) is 0 Å². The summed E-state index contributed by atoms with van der Waals surface area (Å²) in [6.07, 6.45) is 1.09. The van der Waals surface area contributed by atoms with Crippen molar-refractivity contribution in [1.82, 2.24) is 0 Å². The fourth-order valence-electron chi connectivity index (χ4n) is 3.74. The Kier molecular flexibility index (Phi) is 9.90. The summed E-state index contributed by atoms with van der Waals surface area (Å²) in [7, 11) is 0. The summed E-state index contributed by atoms with van der Waals surface area (Å²) >= 11 is 2.14. The number of nitrogens with two attached hydrogens (primary N) is 1. The van der Waals surface area contributed by atoms with Crippen LogP contribution in [0.3, 0.4) is 0 Å². The van der Waals surface area contributed by atoms with Gasteiger partial charge in [-0.25, -0.2) is 0 Å². The van der Waals surface area contributed by atoms with Gasteiger partial charge in [-0.05, 0) is 111 Å². The second-order valence-electron chi connectivity index (χ2n) is 9.04. The van der Waals surface area contributed by atoms with E-state index in [2.05, 4.69) is 22.6 Å². The first-order valence-electron chi connectivity index (χ1n) is 11.2. The number of halogens is 1. The average molecular weight is 583 g/mol. The zero-order valence-electron chi connectivity index (χ0n) is 20.7. The SMILES string of the molecule is CCOC(C)(C)CC(=O)Oc1c(C)cc(Oc2c(C)cc(CCC(N)C(=O)O)cc2C)cc1I. The maximum atomic E-state index is 12.5. The molecule has 0 fully saturated rings. The van der Waals surface area contributed by atoms with Crippen LogP contribution < -0.4 is 15.2 Å². The molecule has 0 saturated heterocycles. The second-order valence-corrected chi connectivity index (χ2v) is 10.2. The van der Waals surface area contributed by atoms with Gasteiger partial charge in [0, 0.05) is 6.61 Å². The molecule has 0 saturated carbocycles. The van der Waals surface area contributed by atoms with Gasteiger partial charge in [0.05, 0.1) is 15.6 Å². The van der Waals surface area contributed by atoms with Crippen molar-refractivity contribution in [2.24, 2.45) is 5.73 Å². The summed E-state index contributed by atoms with van der Waals surface area (Å²) in [5, 5.41) is 8.98. The van der Waals surface area contributed by atoms with E-state index in [1.54, 1.807) is 0 Å². The molecule has 0 heterocycles. The van der Waals surface area contributed by atoms with Gasteiger partial charge in [0.25, 0.3) is 0 Å². The van der Waals surface area contributed by atoms with Gasteiger partial charge in [0.1, 0.15) is 23.3 Å². The number of carbonyl (C=O) groups excluding carboxylic acids is 1. The Hall–Kier alpha value is -2.17. The van der Waals surface area contributed by atoms with Gasteiger partial charge in [-0.1, -0.05) is 12.1 Å². The fourth-order valence-corrected chi connectivity index (χ4v) is 4.58. The predicted octanol–water partition coefficient (Wildman–Crippen LogP) is 5.46. The van der Waals surface area contributed by atoms with Crippen molar-refractivity contribution >= 4 is 34.5 Å². The molecule has 0 aliphatic rings. The molecule has 0 bridgehead atoms. The van der Waals surface area contributed by atoms with Crippen LogP contribution in [0, 0.1) is 24.3 Å². The number of esters is 1. The Morgan fingerprint density at radius 3 is 2.18 bits per heavy atom. The number of ether oxygens (including phenoxy) is 3. The van der Waals surface area contributed by atoms with E-state index in [9.17, 15) is 9.59 Å². The van der Waals surface area contributed by atoms with Gasteiger partial charge >= 0.3 is 11.9 Å². The summed E-state index contributed by atoms with van der Waals surface area (Å²) in [5.74, 6) is 0.556. The number of rotatable bonds is 11. The topological polar surface area (TPSA) is 108 Å². The highest BCUT2D eigenvalue weighted by Crippen LogP contribution is 2.36. The van der Waals surface area contributed by atoms with E-state index in [0.717, 1.165) is 31.6 Å². The Balaban J connectivity index is 2.16. The summed E-state index contributed by atoms with van der Waals surface area (Å²) in [6.45, 7) is 11.9. The molecule has 0 aromatic heterocycles. The van der Waals surface area contributed by atoms with Crippen molar-refractivity contribution in [2.75, 3.05) is 6.61 Å². The molecule has 3 N–H and O–H groups in total. The van der Waals surface area contributed by atoms with Crippen molar-refractivity contribution in [3.05, 3.63) is 50.1 Å². The number of aryl methyl sites for hydroxylation is 4. The van der Waals surface area contributed by atoms with E-state index in [0.29, 0.717) is 30.9 Å².